The lowest BCUT2D eigenvalue weighted by atomic mass is 9.99. The number of hydrogen-bond acceptors (Lipinski definition) is 26. The van der Waals surface area contributed by atoms with Gasteiger partial charge in [-0.1, -0.05) is 88.4 Å². The monoisotopic (exact) mass is 1990 g/mol. The van der Waals surface area contributed by atoms with Crippen LogP contribution < -0.4 is 125 Å². The summed E-state index contributed by atoms with van der Waals surface area (Å²) >= 11 is 0. The molecule has 6 rings (SSSR count). The molecular formula is C95H140N28O20. The summed E-state index contributed by atoms with van der Waals surface area (Å²) < 4.78 is 0. The third-order valence-electron chi connectivity index (χ3n) is 22.8. The van der Waals surface area contributed by atoms with Crippen molar-refractivity contribution in [1.29, 1.82) is 16.2 Å². The number of carbonyl (C=O) groups is 15. The molecule has 14 atom stereocenters. The highest BCUT2D eigenvalue weighted by atomic mass is 16.4. The van der Waals surface area contributed by atoms with Gasteiger partial charge in [0.1, 0.15) is 95.8 Å². The van der Waals surface area contributed by atoms with E-state index in [0.717, 1.165) is 0 Å². The second-order valence-electron chi connectivity index (χ2n) is 35.6. The zero-order valence-corrected chi connectivity index (χ0v) is 80.6. The van der Waals surface area contributed by atoms with Crippen LogP contribution in [0.15, 0.2) is 128 Å². The van der Waals surface area contributed by atoms with Gasteiger partial charge in [-0.15, -0.1) is 0 Å². The largest absolute Gasteiger partial charge is 0.508 e. The molecule has 0 unspecified atom stereocenters. The average molecular weight is 1990 g/mol. The number of H-pyrrole nitrogens is 1. The Morgan fingerprint density at radius 3 is 1.03 bits per heavy atom. The standard InChI is InChI=1S/C95H140N28O20/c1-52(2)41-70(116-79(129)63(98)43-57-15-11-37-106-49-57)84(134)118-72(44-54-23-29-59(125)30-24-54)87(137)121-75(47-58-50-110-64-17-6-5-16-62(58)64)89(139)123-77(51-124)91(141)120-74(46-56-27-33-61(127)34-28-56)86(136)117-71(42-53(3)4)85(135)119-73(45-55-25-31-60(126)32-26-55)88(138)122-76(48-78(99)128)90(140)114-65(18-7-9-35-96)80(130)112-68(21-13-39-108-94(102)103)82(132)113-67(20-12-38-107-93(100)101)81(131)111-66(19-8-10-36-97)83(133)115-69(92(142)143)22-14-40-109-95(104)105/h5-6,11,15-17,23-34,37,49-50,52-53,63,65-77,110,124-127H,7-10,12-14,18-22,35-36,38-48,51,96-98H2,1-4H3,(H2,99,128)(H,111,131)(H,112,130)(H,113,132)(H,114,140)(H,115,133)(H,116,129)(H,117,136)(H,118,134)(H,119,135)(H,120,141)(H,121,137)(H,122,138)(H,123,139)(H,142,143)(H4,100,101,107)(H4,102,103,108)(H4,104,105,109)/t63-,65-,66-,67-,68-,69-,70-,71-,72-,73-,74-,75-,76-,77-/m0/s1. The van der Waals surface area contributed by atoms with E-state index in [1.165, 1.54) is 72.8 Å². The average Bonchev–Trinajstić information content (AvgIpc) is 1.69. The second kappa shape index (κ2) is 60.6. The summed E-state index contributed by atoms with van der Waals surface area (Å²) in [6.07, 6.45) is 2.54. The molecule has 2 heterocycles. The lowest BCUT2D eigenvalue weighted by molar-refractivity contribution is -0.142. The van der Waals surface area contributed by atoms with Crippen molar-refractivity contribution in [3.8, 4) is 17.2 Å². The third-order valence-corrected chi connectivity index (χ3v) is 22.8. The molecule has 780 valence electrons. The van der Waals surface area contributed by atoms with Gasteiger partial charge in [-0.3, -0.25) is 88.3 Å². The molecule has 0 aliphatic carbocycles. The molecular weight excluding hydrogens is 1850 g/mol. The molecule has 39 N–H and O–H groups in total. The number of guanidine groups is 3. The molecule has 0 bridgehead atoms. The number of aromatic amines is 1. The number of nitrogens with two attached hydrogens (primary N) is 7. The van der Waals surface area contributed by atoms with Crippen LogP contribution in [-0.2, 0) is 104 Å². The second-order valence-corrected chi connectivity index (χ2v) is 35.6. The molecule has 14 amide bonds. The zero-order chi connectivity index (χ0) is 105. The minimum absolute atomic E-state index is 0.00479. The smallest absolute Gasteiger partial charge is 0.326 e. The van der Waals surface area contributed by atoms with Gasteiger partial charge < -0.3 is 156 Å². The van der Waals surface area contributed by atoms with Crippen molar-refractivity contribution >= 4 is 117 Å². The number of benzene rings is 4. The molecule has 0 aliphatic rings. The number of carboxylic acids is 1. The number of aromatic hydroxyl groups is 3. The van der Waals surface area contributed by atoms with Crippen LogP contribution in [0.25, 0.3) is 10.9 Å². The fourth-order valence-electron chi connectivity index (χ4n) is 15.3. The molecule has 0 spiro atoms. The van der Waals surface area contributed by atoms with Crippen LogP contribution in [0.4, 0.5) is 0 Å². The van der Waals surface area contributed by atoms with E-state index in [9.17, 15) is 73.5 Å². The quantitative estimate of drug-likeness (QED) is 0.00981. The molecule has 48 nitrogen and oxygen atoms in total. The van der Waals surface area contributed by atoms with E-state index >= 15 is 24.0 Å². The highest BCUT2D eigenvalue weighted by molar-refractivity contribution is 6.02. The zero-order valence-electron chi connectivity index (χ0n) is 80.6. The van der Waals surface area contributed by atoms with Gasteiger partial charge >= 0.3 is 5.97 Å². The van der Waals surface area contributed by atoms with Crippen LogP contribution in [0, 0.1) is 28.1 Å². The summed E-state index contributed by atoms with van der Waals surface area (Å²) in [6.45, 7) is 6.13. The maximum Gasteiger partial charge on any atom is 0.326 e. The maximum absolute atomic E-state index is 15.2. The van der Waals surface area contributed by atoms with Crippen LogP contribution in [0.3, 0.4) is 0 Å². The van der Waals surface area contributed by atoms with Crippen molar-refractivity contribution in [1.82, 2.24) is 95.0 Å². The van der Waals surface area contributed by atoms with E-state index in [4.69, 9.17) is 56.4 Å². The number of phenolic OH excluding ortho intramolecular Hbond substituents is 3. The third kappa shape index (κ3) is 42.3. The molecule has 4 aromatic carbocycles. The Bertz CT molecular complexity index is 5230. The molecule has 2 aromatic heterocycles. The Kier molecular flexibility index (Phi) is 49.3. The number of fused-ring (bicyclic) bond motifs is 1. The number of nitrogens with one attached hydrogen (secondary N) is 20. The molecule has 48 heteroatoms. The van der Waals surface area contributed by atoms with Crippen molar-refractivity contribution in [3.05, 3.63) is 156 Å². The van der Waals surface area contributed by atoms with Gasteiger partial charge in [0.05, 0.1) is 19.1 Å². The predicted molar refractivity (Wildman–Crippen MR) is 529 cm³/mol. The molecule has 0 radical (unpaired) electrons. The fourth-order valence-corrected chi connectivity index (χ4v) is 15.3. The first-order valence-electron chi connectivity index (χ1n) is 47.3. The number of rotatable bonds is 64. The number of phenols is 3. The van der Waals surface area contributed by atoms with Gasteiger partial charge in [0.15, 0.2) is 17.9 Å². The number of aliphatic hydroxyl groups excluding tert-OH is 1. The number of amides is 14. The first-order valence-corrected chi connectivity index (χ1v) is 47.3. The van der Waals surface area contributed by atoms with Gasteiger partial charge in [-0.2, -0.15) is 0 Å². The van der Waals surface area contributed by atoms with E-state index in [0.29, 0.717) is 39.6 Å². The Balaban J connectivity index is 1.29. The van der Waals surface area contributed by atoms with Gasteiger partial charge in [0.2, 0.25) is 82.7 Å². The van der Waals surface area contributed by atoms with Crippen molar-refractivity contribution < 1.29 is 97.5 Å². The van der Waals surface area contributed by atoms with Crippen molar-refractivity contribution in [3.63, 3.8) is 0 Å². The molecule has 0 aliphatic heterocycles. The number of nitrogens with zero attached hydrogens (tertiary/aromatic N) is 1. The van der Waals surface area contributed by atoms with Crippen molar-refractivity contribution in [2.24, 2.45) is 52.0 Å². The number of hydrogen-bond donors (Lipinski definition) is 32. The number of unbranched alkanes of at least 4 members (excludes halogenated alkanes) is 2. The maximum atomic E-state index is 15.2. The lowest BCUT2D eigenvalue weighted by Crippen LogP contribution is -2.62. The van der Waals surface area contributed by atoms with Gasteiger partial charge in [0.25, 0.3) is 0 Å². The number of aliphatic carboxylic acids is 1. The van der Waals surface area contributed by atoms with E-state index in [-0.39, 0.29) is 170 Å². The minimum atomic E-state index is -1.98. The summed E-state index contributed by atoms with van der Waals surface area (Å²) in [5.74, 6) is -18.2. The van der Waals surface area contributed by atoms with Crippen molar-refractivity contribution in [2.75, 3.05) is 39.3 Å². The van der Waals surface area contributed by atoms with Crippen LogP contribution in [-0.4, -0.2) is 266 Å². The SMILES string of the molecule is CC(C)C[C@H](NC(=O)[C@H](Cc1ccc(O)cc1)NC(=O)[C@H](CO)NC(=O)[C@H](Cc1c[nH]c2ccccc12)NC(=O)[C@H](Cc1ccc(O)cc1)NC(=O)[C@H](CC(C)C)NC(=O)[C@@H](N)Cc1cccnc1)C(=O)N[C@@H](Cc1ccc(O)cc1)C(=O)N[C@@H](CC(N)=O)C(=O)N[C@@H](CCCCN)C(=O)N[C@@H](CCCNC(=N)N)C(=O)N[C@@H](CCCNC(=N)N)C(=O)N[C@@H](CCCCN)C(=O)N[C@@H](CCCNC(=N)N)C(=O)O. The summed E-state index contributed by atoms with van der Waals surface area (Å²) in [4.78, 5) is 225. The normalized spacial score (nSPS) is 14.1. The number of aliphatic hydroxyl groups is 1. The summed E-state index contributed by atoms with van der Waals surface area (Å²) in [6, 6.07) is 4.55. The predicted octanol–water partition coefficient (Wildman–Crippen LogP) is -4.08. The summed E-state index contributed by atoms with van der Waals surface area (Å²) in [7, 11) is 0. The van der Waals surface area contributed by atoms with E-state index in [2.05, 4.69) is 95.0 Å². The van der Waals surface area contributed by atoms with Crippen LogP contribution in [0.5, 0.6) is 17.2 Å². The number of aromatic nitrogens is 2. The number of carboxylic acid groups (broad SMARTS) is 1. The molecule has 143 heavy (non-hydrogen) atoms. The van der Waals surface area contributed by atoms with E-state index in [1.54, 1.807) is 68.8 Å². The number of pyridine rings is 1. The topological polar surface area (TPSA) is 832 Å². The Morgan fingerprint density at radius 2 is 0.671 bits per heavy atom. The first kappa shape index (κ1) is 116. The Hall–Kier alpha value is -15.3. The van der Waals surface area contributed by atoms with Crippen molar-refractivity contribution in [2.45, 2.75) is 241 Å². The van der Waals surface area contributed by atoms with Gasteiger partial charge in [0, 0.05) is 74.8 Å². The minimum Gasteiger partial charge on any atom is -0.508 e. The van der Waals surface area contributed by atoms with Crippen LogP contribution in [0.1, 0.15) is 152 Å². The highest BCUT2D eigenvalue weighted by Gasteiger charge is 2.40. The number of para-hydroxylation sites is 1. The van der Waals surface area contributed by atoms with Crippen LogP contribution >= 0.6 is 0 Å². The fraction of sp³-hybridized carbons (Fsp3) is 0.484. The molecule has 0 saturated heterocycles. The van der Waals surface area contributed by atoms with Gasteiger partial charge in [-0.25, -0.2) is 4.79 Å². The van der Waals surface area contributed by atoms with Crippen LogP contribution in [0.2, 0.25) is 0 Å². The summed E-state index contributed by atoms with van der Waals surface area (Å²) in [5, 5.41) is 117. The Morgan fingerprint density at radius 1 is 0.357 bits per heavy atom. The number of primary amides is 1. The van der Waals surface area contributed by atoms with E-state index < -0.39 is 217 Å². The van der Waals surface area contributed by atoms with E-state index in [1.807, 2.05) is 13.8 Å². The number of carbonyl (C=O) groups excluding carboxylic acids is 14. The molecule has 0 saturated carbocycles. The highest BCUT2D eigenvalue weighted by Crippen LogP contribution is 2.23. The molecule has 6 aromatic rings. The summed E-state index contributed by atoms with van der Waals surface area (Å²) in [5.41, 5.74) is 43.0. The molecule has 0 fully saturated rings. The van der Waals surface area contributed by atoms with Gasteiger partial charge in [-0.05, 0) is 198 Å². The first-order chi connectivity index (χ1) is 68.0. The Labute approximate surface area is 827 Å². The lowest BCUT2D eigenvalue weighted by Gasteiger charge is -2.29.